The number of hydrogen-bond donors (Lipinski definition) is 2. The van der Waals surface area contributed by atoms with Crippen molar-refractivity contribution in [3.05, 3.63) is 59.0 Å². The average molecular weight is 306 g/mol. The van der Waals surface area contributed by atoms with Gasteiger partial charge in [0.1, 0.15) is 11.6 Å². The molecule has 0 aliphatic carbocycles. The molecule has 1 heterocycles. The fourth-order valence-corrected chi connectivity index (χ4v) is 2.61. The van der Waals surface area contributed by atoms with Gasteiger partial charge in [-0.15, -0.1) is 0 Å². The van der Waals surface area contributed by atoms with E-state index in [9.17, 15) is 4.39 Å². The Morgan fingerprint density at radius 2 is 2.10 bits per heavy atom. The zero-order valence-electron chi connectivity index (χ0n) is 12.0. The molecule has 2 rings (SSSR count). The van der Waals surface area contributed by atoms with Crippen LogP contribution in [0.25, 0.3) is 0 Å². The van der Waals surface area contributed by atoms with Gasteiger partial charge in [-0.25, -0.2) is 9.37 Å². The van der Waals surface area contributed by atoms with Crippen LogP contribution in [0.15, 0.2) is 36.5 Å². The van der Waals surface area contributed by atoms with Gasteiger partial charge in [0.25, 0.3) is 0 Å². The molecule has 2 aromatic rings. The molecule has 0 fully saturated rings. The Hall–Kier alpha value is -1.59. The Labute approximate surface area is 128 Å². The van der Waals surface area contributed by atoms with E-state index in [1.807, 2.05) is 18.2 Å². The molecular weight excluding hydrogens is 287 g/mol. The summed E-state index contributed by atoms with van der Waals surface area (Å²) >= 11 is 1.69. The lowest BCUT2D eigenvalue weighted by atomic mass is 10.1. The molecule has 1 aromatic heterocycles. The van der Waals surface area contributed by atoms with Gasteiger partial charge < -0.3 is 10.4 Å². The molecule has 1 aromatic carbocycles. The summed E-state index contributed by atoms with van der Waals surface area (Å²) < 4.78 is 13.2. The Kier molecular flexibility index (Phi) is 6.02. The fraction of sp³-hybridized carbons (Fsp3) is 0.312. The molecule has 112 valence electrons. The summed E-state index contributed by atoms with van der Waals surface area (Å²) in [5, 5.41) is 12.0. The van der Waals surface area contributed by atoms with Crippen LogP contribution in [-0.2, 0) is 12.3 Å². The first kappa shape index (κ1) is 15.8. The van der Waals surface area contributed by atoms with Crippen molar-refractivity contribution >= 4 is 17.6 Å². The smallest absolute Gasteiger partial charge is 0.126 e. The zero-order chi connectivity index (χ0) is 15.1. The van der Waals surface area contributed by atoms with Crippen LogP contribution in [0, 0.1) is 12.7 Å². The number of nitrogens with one attached hydrogen (secondary N) is 1. The molecule has 0 amide bonds. The second-order valence-corrected chi connectivity index (χ2v) is 5.87. The van der Waals surface area contributed by atoms with Crippen molar-refractivity contribution in [2.75, 3.05) is 17.7 Å². The van der Waals surface area contributed by atoms with Gasteiger partial charge in [-0.1, -0.05) is 12.1 Å². The highest BCUT2D eigenvalue weighted by Crippen LogP contribution is 2.15. The van der Waals surface area contributed by atoms with E-state index in [1.165, 1.54) is 11.6 Å². The second kappa shape index (κ2) is 8.00. The number of benzene rings is 1. The van der Waals surface area contributed by atoms with Crippen LogP contribution in [0.1, 0.15) is 16.7 Å². The van der Waals surface area contributed by atoms with Crippen molar-refractivity contribution in [3.63, 3.8) is 0 Å². The summed E-state index contributed by atoms with van der Waals surface area (Å²) in [5.41, 5.74) is 2.84. The van der Waals surface area contributed by atoms with Crippen LogP contribution in [0.5, 0.6) is 0 Å². The molecule has 0 atom stereocenters. The predicted molar refractivity (Wildman–Crippen MR) is 85.9 cm³/mol. The van der Waals surface area contributed by atoms with Crippen LogP contribution < -0.4 is 5.32 Å². The zero-order valence-corrected chi connectivity index (χ0v) is 12.8. The highest BCUT2D eigenvalue weighted by Gasteiger charge is 2.01. The maximum Gasteiger partial charge on any atom is 0.126 e. The van der Waals surface area contributed by atoms with Crippen LogP contribution in [0.3, 0.4) is 0 Å². The number of halogens is 1. The van der Waals surface area contributed by atoms with Gasteiger partial charge >= 0.3 is 0 Å². The van der Waals surface area contributed by atoms with E-state index in [-0.39, 0.29) is 12.4 Å². The quantitative estimate of drug-likeness (QED) is 0.770. The topological polar surface area (TPSA) is 45.1 Å². The molecule has 3 nitrogen and oxygen atoms in total. The maximum absolute atomic E-state index is 13.2. The molecule has 2 N–H and O–H groups in total. The average Bonchev–Trinajstić information content (AvgIpc) is 2.49. The lowest BCUT2D eigenvalue weighted by Gasteiger charge is -2.08. The van der Waals surface area contributed by atoms with Crippen LogP contribution >= 0.6 is 11.8 Å². The van der Waals surface area contributed by atoms with E-state index >= 15 is 0 Å². The molecule has 0 radical (unpaired) electrons. The molecule has 0 aliphatic heterocycles. The molecule has 0 spiro atoms. The van der Waals surface area contributed by atoms with Crippen molar-refractivity contribution in [1.29, 1.82) is 0 Å². The molecular formula is C16H19FN2OS. The second-order valence-electron chi connectivity index (χ2n) is 4.76. The summed E-state index contributed by atoms with van der Waals surface area (Å²) in [6.45, 7) is 2.57. The van der Waals surface area contributed by atoms with E-state index in [4.69, 9.17) is 5.11 Å². The number of thioether (sulfide) groups is 1. The molecule has 0 bridgehead atoms. The summed E-state index contributed by atoms with van der Waals surface area (Å²) in [6, 6.07) is 9.07. The third-order valence-electron chi connectivity index (χ3n) is 3.02. The van der Waals surface area contributed by atoms with E-state index in [2.05, 4.69) is 10.3 Å². The molecule has 5 heteroatoms. The van der Waals surface area contributed by atoms with Gasteiger partial charge in [0.15, 0.2) is 0 Å². The van der Waals surface area contributed by atoms with E-state index < -0.39 is 0 Å². The lowest BCUT2D eigenvalue weighted by Crippen LogP contribution is -2.02. The van der Waals surface area contributed by atoms with Gasteiger partial charge in [-0.3, -0.25) is 0 Å². The Morgan fingerprint density at radius 3 is 2.86 bits per heavy atom. The third-order valence-corrected chi connectivity index (χ3v) is 4.03. The number of rotatable bonds is 7. The first-order chi connectivity index (χ1) is 10.2. The van der Waals surface area contributed by atoms with Gasteiger partial charge in [0.2, 0.25) is 0 Å². The normalized spacial score (nSPS) is 10.6. The number of anilines is 1. The van der Waals surface area contributed by atoms with Crippen molar-refractivity contribution in [2.24, 2.45) is 0 Å². The summed E-state index contributed by atoms with van der Waals surface area (Å²) in [4.78, 5) is 4.28. The molecule has 21 heavy (non-hydrogen) atoms. The lowest BCUT2D eigenvalue weighted by molar-refractivity contribution is 0.322. The van der Waals surface area contributed by atoms with E-state index in [0.717, 1.165) is 22.9 Å². The van der Waals surface area contributed by atoms with Crippen LogP contribution in [0.4, 0.5) is 10.2 Å². The number of aromatic nitrogens is 1. The Balaban J connectivity index is 1.93. The number of pyridine rings is 1. The Bertz CT molecular complexity index is 592. The molecule has 0 aliphatic rings. The molecule has 0 saturated heterocycles. The van der Waals surface area contributed by atoms with E-state index in [0.29, 0.717) is 12.1 Å². The summed E-state index contributed by atoms with van der Waals surface area (Å²) in [5.74, 6) is 2.21. The number of hydrogen-bond acceptors (Lipinski definition) is 4. The highest BCUT2D eigenvalue weighted by molar-refractivity contribution is 7.98. The van der Waals surface area contributed by atoms with Crippen LogP contribution in [-0.4, -0.2) is 22.5 Å². The monoisotopic (exact) mass is 306 g/mol. The van der Waals surface area contributed by atoms with Crippen molar-refractivity contribution in [2.45, 2.75) is 19.2 Å². The SMILES string of the molecule is Cc1cc(CNc2cc(CSCCO)ccn2)ccc1F. The number of aliphatic hydroxyl groups is 1. The van der Waals surface area contributed by atoms with Crippen LogP contribution in [0.2, 0.25) is 0 Å². The van der Waals surface area contributed by atoms with Gasteiger partial charge in [-0.2, -0.15) is 11.8 Å². The van der Waals surface area contributed by atoms with Gasteiger partial charge in [0, 0.05) is 24.2 Å². The maximum atomic E-state index is 13.2. The minimum Gasteiger partial charge on any atom is -0.396 e. The largest absolute Gasteiger partial charge is 0.396 e. The minimum atomic E-state index is -0.181. The number of aryl methyl sites for hydroxylation is 1. The summed E-state index contributed by atoms with van der Waals surface area (Å²) in [7, 11) is 0. The number of nitrogens with zero attached hydrogens (tertiary/aromatic N) is 1. The highest BCUT2D eigenvalue weighted by atomic mass is 32.2. The third kappa shape index (κ3) is 5.02. The standard InChI is InChI=1S/C16H19FN2OS/c1-12-8-13(2-3-15(12)17)10-19-16-9-14(4-5-18-16)11-21-7-6-20/h2-5,8-9,20H,6-7,10-11H2,1H3,(H,18,19). The Morgan fingerprint density at radius 1 is 1.24 bits per heavy atom. The van der Waals surface area contributed by atoms with Crippen molar-refractivity contribution < 1.29 is 9.50 Å². The molecule has 0 unspecified atom stereocenters. The van der Waals surface area contributed by atoms with Crippen molar-refractivity contribution in [1.82, 2.24) is 4.98 Å². The molecule has 0 saturated carbocycles. The fourth-order valence-electron chi connectivity index (χ4n) is 1.92. The minimum absolute atomic E-state index is 0.181. The van der Waals surface area contributed by atoms with Gasteiger partial charge in [0.05, 0.1) is 6.61 Å². The first-order valence-corrected chi connectivity index (χ1v) is 7.97. The number of aliphatic hydroxyl groups excluding tert-OH is 1. The summed E-state index contributed by atoms with van der Waals surface area (Å²) in [6.07, 6.45) is 1.77. The van der Waals surface area contributed by atoms with Gasteiger partial charge in [-0.05, 0) is 41.8 Å². The first-order valence-electron chi connectivity index (χ1n) is 6.81. The van der Waals surface area contributed by atoms with Crippen molar-refractivity contribution in [3.8, 4) is 0 Å². The predicted octanol–water partition coefficient (Wildman–Crippen LogP) is 3.37. The van der Waals surface area contributed by atoms with E-state index in [1.54, 1.807) is 30.9 Å².